The van der Waals surface area contributed by atoms with Crippen molar-refractivity contribution < 1.29 is 23.5 Å². The van der Waals surface area contributed by atoms with E-state index in [2.05, 4.69) is 10.1 Å². The number of halogens is 1. The van der Waals surface area contributed by atoms with Crippen LogP contribution in [0.5, 0.6) is 5.75 Å². The summed E-state index contributed by atoms with van der Waals surface area (Å²) in [5.41, 5.74) is 1.45. The summed E-state index contributed by atoms with van der Waals surface area (Å²) in [6.07, 6.45) is 0. The molecule has 2 aromatic carbocycles. The third-order valence-electron chi connectivity index (χ3n) is 3.32. The van der Waals surface area contributed by atoms with E-state index in [-0.39, 0.29) is 17.4 Å². The molecule has 0 aliphatic heterocycles. The second-order valence-electron chi connectivity index (χ2n) is 5.05. The fourth-order valence-corrected chi connectivity index (χ4v) is 2.90. The zero-order valence-corrected chi connectivity index (χ0v) is 14.7. The molecule has 5 nitrogen and oxygen atoms in total. The van der Waals surface area contributed by atoms with Crippen molar-refractivity contribution in [3.8, 4) is 5.75 Å². The summed E-state index contributed by atoms with van der Waals surface area (Å²) < 4.78 is 23.2. The van der Waals surface area contributed by atoms with Gasteiger partial charge in [-0.15, -0.1) is 11.8 Å². The molecule has 0 radical (unpaired) electrons. The number of methoxy groups -OCH3 is 2. The van der Waals surface area contributed by atoms with Gasteiger partial charge in [0, 0.05) is 5.75 Å². The average Bonchev–Trinajstić information content (AvgIpc) is 2.61. The number of amides is 1. The van der Waals surface area contributed by atoms with Gasteiger partial charge in [-0.05, 0) is 29.8 Å². The molecule has 132 valence electrons. The van der Waals surface area contributed by atoms with Crippen molar-refractivity contribution in [2.24, 2.45) is 0 Å². The Morgan fingerprint density at radius 3 is 2.60 bits per heavy atom. The molecule has 0 atom stereocenters. The number of hydrogen-bond donors (Lipinski definition) is 1. The van der Waals surface area contributed by atoms with Crippen LogP contribution in [0.15, 0.2) is 42.5 Å². The lowest BCUT2D eigenvalue weighted by Crippen LogP contribution is -2.17. The molecule has 0 spiro atoms. The van der Waals surface area contributed by atoms with Gasteiger partial charge < -0.3 is 14.8 Å². The Bertz CT molecular complexity index is 766. The molecule has 0 saturated heterocycles. The monoisotopic (exact) mass is 363 g/mol. The first-order chi connectivity index (χ1) is 12.0. The minimum absolute atomic E-state index is 0.170. The first-order valence-corrected chi connectivity index (χ1v) is 8.58. The third-order valence-corrected chi connectivity index (χ3v) is 4.33. The molecule has 25 heavy (non-hydrogen) atoms. The highest BCUT2D eigenvalue weighted by Crippen LogP contribution is 2.21. The fourth-order valence-electron chi connectivity index (χ4n) is 2.13. The zero-order valence-electron chi connectivity index (χ0n) is 13.9. The SMILES string of the molecule is COC(=O)c1ccccc1NC(=O)CSCc1ccc(OC)c(F)c1. The molecule has 2 rings (SSSR count). The Hall–Kier alpha value is -2.54. The minimum atomic E-state index is -0.516. The van der Waals surface area contributed by atoms with Gasteiger partial charge in [0.25, 0.3) is 0 Å². The molecular formula is C18H18FNO4S. The quantitative estimate of drug-likeness (QED) is 0.763. The van der Waals surface area contributed by atoms with Crippen LogP contribution in [0.25, 0.3) is 0 Å². The van der Waals surface area contributed by atoms with E-state index in [0.717, 1.165) is 5.56 Å². The topological polar surface area (TPSA) is 64.6 Å². The highest BCUT2D eigenvalue weighted by Gasteiger charge is 2.13. The maximum Gasteiger partial charge on any atom is 0.339 e. The summed E-state index contributed by atoms with van der Waals surface area (Å²) in [5.74, 6) is -0.369. The maximum atomic E-state index is 13.6. The fraction of sp³-hybridized carbons (Fsp3) is 0.222. The normalized spacial score (nSPS) is 10.2. The van der Waals surface area contributed by atoms with E-state index < -0.39 is 11.8 Å². The largest absolute Gasteiger partial charge is 0.494 e. The number of anilines is 1. The Morgan fingerprint density at radius 2 is 1.92 bits per heavy atom. The number of esters is 1. The highest BCUT2D eigenvalue weighted by molar-refractivity contribution is 7.99. The van der Waals surface area contributed by atoms with Gasteiger partial charge >= 0.3 is 5.97 Å². The van der Waals surface area contributed by atoms with Crippen molar-refractivity contribution in [3.63, 3.8) is 0 Å². The van der Waals surface area contributed by atoms with E-state index in [9.17, 15) is 14.0 Å². The van der Waals surface area contributed by atoms with Crippen molar-refractivity contribution in [2.75, 3.05) is 25.3 Å². The average molecular weight is 363 g/mol. The molecule has 0 aromatic heterocycles. The molecule has 2 aromatic rings. The van der Waals surface area contributed by atoms with Crippen LogP contribution in [0, 0.1) is 5.82 Å². The van der Waals surface area contributed by atoms with Crippen LogP contribution in [0.1, 0.15) is 15.9 Å². The van der Waals surface area contributed by atoms with Gasteiger partial charge in [-0.1, -0.05) is 18.2 Å². The zero-order chi connectivity index (χ0) is 18.2. The first kappa shape index (κ1) is 18.8. The maximum absolute atomic E-state index is 13.6. The lowest BCUT2D eigenvalue weighted by Gasteiger charge is -2.09. The molecule has 0 saturated carbocycles. The molecule has 0 aliphatic rings. The van der Waals surface area contributed by atoms with Crippen molar-refractivity contribution in [3.05, 3.63) is 59.4 Å². The summed E-state index contributed by atoms with van der Waals surface area (Å²) in [5, 5.41) is 2.69. The smallest absolute Gasteiger partial charge is 0.339 e. The van der Waals surface area contributed by atoms with Gasteiger partial charge in [-0.3, -0.25) is 4.79 Å². The van der Waals surface area contributed by atoms with E-state index in [1.165, 1.54) is 32.0 Å². The van der Waals surface area contributed by atoms with Gasteiger partial charge in [-0.25, -0.2) is 9.18 Å². The van der Waals surface area contributed by atoms with Gasteiger partial charge in [0.05, 0.1) is 31.2 Å². The Labute approximate surface area is 149 Å². The number of hydrogen-bond acceptors (Lipinski definition) is 5. The Kier molecular flexibility index (Phi) is 6.82. The second kappa shape index (κ2) is 9.08. The van der Waals surface area contributed by atoms with Gasteiger partial charge in [0.1, 0.15) is 0 Å². The third kappa shape index (κ3) is 5.22. The van der Waals surface area contributed by atoms with Crippen molar-refractivity contribution in [1.82, 2.24) is 0 Å². The van der Waals surface area contributed by atoms with E-state index in [1.54, 1.807) is 36.4 Å². The van der Waals surface area contributed by atoms with Crippen LogP contribution >= 0.6 is 11.8 Å². The van der Waals surface area contributed by atoms with Gasteiger partial charge in [0.15, 0.2) is 11.6 Å². The number of para-hydroxylation sites is 1. The van der Waals surface area contributed by atoms with Crippen LogP contribution in [0.4, 0.5) is 10.1 Å². The summed E-state index contributed by atoms with van der Waals surface area (Å²) >= 11 is 1.34. The van der Waals surface area contributed by atoms with E-state index in [4.69, 9.17) is 4.74 Å². The van der Waals surface area contributed by atoms with E-state index in [0.29, 0.717) is 17.0 Å². The molecule has 1 N–H and O–H groups in total. The van der Waals surface area contributed by atoms with E-state index >= 15 is 0 Å². The van der Waals surface area contributed by atoms with Crippen LogP contribution in [0.3, 0.4) is 0 Å². The van der Waals surface area contributed by atoms with Gasteiger partial charge in [0.2, 0.25) is 5.91 Å². The molecular weight excluding hydrogens is 345 g/mol. The summed E-state index contributed by atoms with van der Waals surface area (Å²) in [7, 11) is 2.69. The summed E-state index contributed by atoms with van der Waals surface area (Å²) in [6.45, 7) is 0. The molecule has 0 fully saturated rings. The summed E-state index contributed by atoms with van der Waals surface area (Å²) in [4.78, 5) is 23.7. The first-order valence-electron chi connectivity index (χ1n) is 7.42. The molecule has 0 bridgehead atoms. The molecule has 0 unspecified atom stereocenters. The molecule has 0 aliphatic carbocycles. The number of thioether (sulfide) groups is 1. The van der Waals surface area contributed by atoms with Crippen LogP contribution < -0.4 is 10.1 Å². The number of carbonyl (C=O) groups excluding carboxylic acids is 2. The number of nitrogens with one attached hydrogen (secondary N) is 1. The predicted octanol–water partition coefficient (Wildman–Crippen LogP) is 3.49. The van der Waals surface area contributed by atoms with Crippen molar-refractivity contribution in [1.29, 1.82) is 0 Å². The number of rotatable bonds is 7. The summed E-state index contributed by atoms with van der Waals surface area (Å²) in [6, 6.07) is 11.3. The number of benzene rings is 2. The number of carbonyl (C=O) groups is 2. The predicted molar refractivity (Wildman–Crippen MR) is 95.5 cm³/mol. The lowest BCUT2D eigenvalue weighted by molar-refractivity contribution is -0.113. The van der Waals surface area contributed by atoms with E-state index in [1.807, 2.05) is 0 Å². The van der Waals surface area contributed by atoms with Gasteiger partial charge in [-0.2, -0.15) is 0 Å². The van der Waals surface area contributed by atoms with Crippen molar-refractivity contribution in [2.45, 2.75) is 5.75 Å². The number of ether oxygens (including phenoxy) is 2. The minimum Gasteiger partial charge on any atom is -0.494 e. The molecule has 0 heterocycles. The molecule has 1 amide bonds. The Morgan fingerprint density at radius 1 is 1.16 bits per heavy atom. The molecule has 7 heteroatoms. The standard InChI is InChI=1S/C18H18FNO4S/c1-23-16-8-7-12(9-14(16)19)10-25-11-17(21)20-15-6-4-3-5-13(15)18(22)24-2/h3-9H,10-11H2,1-2H3,(H,20,21). The van der Waals surface area contributed by atoms with Crippen molar-refractivity contribution >= 4 is 29.3 Å². The highest BCUT2D eigenvalue weighted by atomic mass is 32.2. The van der Waals surface area contributed by atoms with Crippen LogP contribution in [-0.4, -0.2) is 31.8 Å². The lowest BCUT2D eigenvalue weighted by atomic mass is 10.2. The second-order valence-corrected chi connectivity index (χ2v) is 6.03. The van der Waals surface area contributed by atoms with Crippen LogP contribution in [-0.2, 0) is 15.3 Å². The Balaban J connectivity index is 1.89. The van der Waals surface area contributed by atoms with Crippen LogP contribution in [0.2, 0.25) is 0 Å².